The van der Waals surface area contributed by atoms with Crippen LogP contribution in [0.25, 0.3) is 0 Å². The number of carboxylic acids is 1. The Bertz CT molecular complexity index is 796. The first-order chi connectivity index (χ1) is 11.3. The van der Waals surface area contributed by atoms with E-state index in [4.69, 9.17) is 21.4 Å². The number of ether oxygens (including phenoxy) is 1. The molecule has 0 bridgehead atoms. The Hall–Kier alpha value is -2.25. The molecular weight excluding hydrogens is 402 g/mol. The molecular formula is C16H13BrClNO5. The number of carbonyl (C=O) groups is 2. The molecule has 0 spiro atoms. The number of benzene rings is 2. The first-order valence-electron chi connectivity index (χ1n) is 6.77. The zero-order chi connectivity index (χ0) is 17.9. The molecule has 126 valence electrons. The lowest BCUT2D eigenvalue weighted by atomic mass is 10.2. The van der Waals surface area contributed by atoms with Gasteiger partial charge in [0.1, 0.15) is 11.5 Å². The van der Waals surface area contributed by atoms with Crippen molar-refractivity contribution in [1.82, 2.24) is 0 Å². The van der Waals surface area contributed by atoms with Crippen LogP contribution in [0.4, 0.5) is 5.69 Å². The Morgan fingerprint density at radius 3 is 2.58 bits per heavy atom. The van der Waals surface area contributed by atoms with Gasteiger partial charge in [0.15, 0.2) is 6.10 Å². The highest BCUT2D eigenvalue weighted by Gasteiger charge is 2.18. The summed E-state index contributed by atoms with van der Waals surface area (Å²) in [6.45, 7) is 1.52. The summed E-state index contributed by atoms with van der Waals surface area (Å²) in [5.41, 5.74) is -0.0670. The molecule has 2 aromatic rings. The number of phenols is 1. The van der Waals surface area contributed by atoms with Gasteiger partial charge in [-0.25, -0.2) is 4.79 Å². The van der Waals surface area contributed by atoms with E-state index in [2.05, 4.69) is 21.2 Å². The molecule has 1 amide bonds. The summed E-state index contributed by atoms with van der Waals surface area (Å²) in [5, 5.41) is 21.7. The van der Waals surface area contributed by atoms with E-state index in [9.17, 15) is 14.7 Å². The van der Waals surface area contributed by atoms with Gasteiger partial charge in [0.05, 0.1) is 15.7 Å². The van der Waals surface area contributed by atoms with Crippen LogP contribution < -0.4 is 10.1 Å². The second-order valence-electron chi connectivity index (χ2n) is 4.86. The minimum Gasteiger partial charge on any atom is -0.506 e. The molecule has 1 atom stereocenters. The van der Waals surface area contributed by atoms with Gasteiger partial charge in [-0.15, -0.1) is 0 Å². The summed E-state index contributed by atoms with van der Waals surface area (Å²) in [4.78, 5) is 23.1. The molecule has 2 aromatic carbocycles. The topological polar surface area (TPSA) is 95.9 Å². The molecule has 0 aliphatic heterocycles. The Labute approximate surface area is 151 Å². The predicted octanol–water partition coefficient (Wildman–Crippen LogP) is 3.91. The van der Waals surface area contributed by atoms with Crippen molar-refractivity contribution in [2.24, 2.45) is 0 Å². The van der Waals surface area contributed by atoms with E-state index in [1.165, 1.54) is 25.1 Å². The van der Waals surface area contributed by atoms with E-state index in [-0.39, 0.29) is 17.0 Å². The zero-order valence-corrected chi connectivity index (χ0v) is 14.8. The average Bonchev–Trinajstić information content (AvgIpc) is 2.51. The van der Waals surface area contributed by atoms with Gasteiger partial charge in [-0.1, -0.05) is 11.6 Å². The Morgan fingerprint density at radius 2 is 1.96 bits per heavy atom. The number of aromatic hydroxyl groups is 1. The first kappa shape index (κ1) is 18.1. The van der Waals surface area contributed by atoms with E-state index in [1.54, 1.807) is 18.2 Å². The van der Waals surface area contributed by atoms with Crippen LogP contribution in [0.5, 0.6) is 11.5 Å². The van der Waals surface area contributed by atoms with Crippen molar-refractivity contribution in [2.75, 3.05) is 5.32 Å². The molecule has 3 N–H and O–H groups in total. The van der Waals surface area contributed by atoms with Crippen LogP contribution in [-0.2, 0) is 4.79 Å². The van der Waals surface area contributed by atoms with Gasteiger partial charge in [0.2, 0.25) is 0 Å². The quantitative estimate of drug-likeness (QED) is 0.645. The van der Waals surface area contributed by atoms with Crippen molar-refractivity contribution in [1.29, 1.82) is 0 Å². The summed E-state index contributed by atoms with van der Waals surface area (Å²) in [5.74, 6) is -1.53. The molecule has 0 aliphatic carbocycles. The molecule has 2 rings (SSSR count). The van der Waals surface area contributed by atoms with Gasteiger partial charge in [-0.2, -0.15) is 0 Å². The lowest BCUT2D eigenvalue weighted by molar-refractivity contribution is -0.122. The van der Waals surface area contributed by atoms with Gasteiger partial charge < -0.3 is 20.3 Å². The average molecular weight is 415 g/mol. The third-order valence-corrected chi connectivity index (χ3v) is 3.92. The number of amides is 1. The van der Waals surface area contributed by atoms with Gasteiger partial charge in [0.25, 0.3) is 5.91 Å². The highest BCUT2D eigenvalue weighted by atomic mass is 79.9. The maximum absolute atomic E-state index is 12.2. The second kappa shape index (κ2) is 7.55. The van der Waals surface area contributed by atoms with Crippen molar-refractivity contribution in [3.63, 3.8) is 0 Å². The van der Waals surface area contributed by atoms with Crippen LogP contribution in [0, 0.1) is 0 Å². The summed E-state index contributed by atoms with van der Waals surface area (Å²) in [7, 11) is 0. The third-order valence-electron chi connectivity index (χ3n) is 3.07. The zero-order valence-electron chi connectivity index (χ0n) is 12.4. The van der Waals surface area contributed by atoms with E-state index in [1.807, 2.05) is 0 Å². The SMILES string of the molecule is CC(Oc1ccc(Cl)cc1Br)C(=O)Nc1cc(C(=O)O)ccc1O. The standard InChI is InChI=1S/C16H13BrClNO5/c1-8(24-14-5-3-10(18)7-11(14)17)15(21)19-12-6-9(16(22)23)2-4-13(12)20/h2-8,20H,1H3,(H,19,21)(H,22,23). The molecule has 0 radical (unpaired) electrons. The fourth-order valence-electron chi connectivity index (χ4n) is 1.82. The lowest BCUT2D eigenvalue weighted by Gasteiger charge is -2.16. The summed E-state index contributed by atoms with van der Waals surface area (Å²) in [6, 6.07) is 8.45. The Morgan fingerprint density at radius 1 is 1.25 bits per heavy atom. The number of anilines is 1. The number of phenolic OH excluding ortho intramolecular Hbond substituents is 1. The van der Waals surface area contributed by atoms with E-state index in [0.29, 0.717) is 15.2 Å². The van der Waals surface area contributed by atoms with Gasteiger partial charge in [0, 0.05) is 5.02 Å². The van der Waals surface area contributed by atoms with Crippen molar-refractivity contribution >= 4 is 45.1 Å². The van der Waals surface area contributed by atoms with E-state index >= 15 is 0 Å². The highest BCUT2D eigenvalue weighted by molar-refractivity contribution is 9.10. The molecule has 1 unspecified atom stereocenters. The number of carbonyl (C=O) groups excluding carboxylic acids is 1. The minimum absolute atomic E-state index is 0.00878. The number of aromatic carboxylic acids is 1. The normalized spacial score (nSPS) is 11.6. The van der Waals surface area contributed by atoms with E-state index < -0.39 is 18.0 Å². The molecule has 0 fully saturated rings. The highest BCUT2D eigenvalue weighted by Crippen LogP contribution is 2.29. The molecule has 6 nitrogen and oxygen atoms in total. The lowest BCUT2D eigenvalue weighted by Crippen LogP contribution is -2.30. The molecule has 0 aromatic heterocycles. The molecule has 8 heteroatoms. The Kier molecular flexibility index (Phi) is 5.69. The van der Waals surface area contributed by atoms with Crippen LogP contribution >= 0.6 is 27.5 Å². The number of rotatable bonds is 5. The van der Waals surface area contributed by atoms with Crippen molar-refractivity contribution in [2.45, 2.75) is 13.0 Å². The maximum atomic E-state index is 12.2. The summed E-state index contributed by atoms with van der Waals surface area (Å²) in [6.07, 6.45) is -0.893. The molecule has 0 heterocycles. The number of hydrogen-bond donors (Lipinski definition) is 3. The van der Waals surface area contributed by atoms with Gasteiger partial charge in [-0.05, 0) is 59.3 Å². The molecule has 24 heavy (non-hydrogen) atoms. The summed E-state index contributed by atoms with van der Waals surface area (Å²) >= 11 is 9.12. The van der Waals surface area contributed by atoms with E-state index in [0.717, 1.165) is 0 Å². The van der Waals surface area contributed by atoms with Gasteiger partial charge in [-0.3, -0.25) is 4.79 Å². The van der Waals surface area contributed by atoms with Crippen LogP contribution in [0.3, 0.4) is 0 Å². The number of nitrogens with one attached hydrogen (secondary N) is 1. The van der Waals surface area contributed by atoms with Crippen LogP contribution in [0.15, 0.2) is 40.9 Å². The molecule has 0 saturated carbocycles. The predicted molar refractivity (Wildman–Crippen MR) is 92.9 cm³/mol. The minimum atomic E-state index is -1.17. The fraction of sp³-hybridized carbons (Fsp3) is 0.125. The fourth-order valence-corrected chi connectivity index (χ4v) is 2.59. The third kappa shape index (κ3) is 4.39. The van der Waals surface area contributed by atoms with Crippen LogP contribution in [-0.4, -0.2) is 28.2 Å². The van der Waals surface area contributed by atoms with Gasteiger partial charge >= 0.3 is 5.97 Å². The largest absolute Gasteiger partial charge is 0.506 e. The second-order valence-corrected chi connectivity index (χ2v) is 6.15. The summed E-state index contributed by atoms with van der Waals surface area (Å²) < 4.78 is 6.12. The maximum Gasteiger partial charge on any atom is 0.335 e. The number of hydrogen-bond acceptors (Lipinski definition) is 4. The molecule has 0 aliphatic rings. The number of halogens is 2. The smallest absolute Gasteiger partial charge is 0.335 e. The number of carboxylic acid groups (broad SMARTS) is 1. The Balaban J connectivity index is 2.11. The van der Waals surface area contributed by atoms with Crippen molar-refractivity contribution < 1.29 is 24.5 Å². The van der Waals surface area contributed by atoms with Crippen molar-refractivity contribution in [3.05, 3.63) is 51.5 Å². The monoisotopic (exact) mass is 413 g/mol. The van der Waals surface area contributed by atoms with Crippen molar-refractivity contribution in [3.8, 4) is 11.5 Å². The van der Waals surface area contributed by atoms with Crippen LogP contribution in [0.1, 0.15) is 17.3 Å². The first-order valence-corrected chi connectivity index (χ1v) is 7.94. The van der Waals surface area contributed by atoms with Crippen LogP contribution in [0.2, 0.25) is 5.02 Å². The molecule has 0 saturated heterocycles.